The fourth-order valence-electron chi connectivity index (χ4n) is 2.96. The molecule has 0 aromatic carbocycles. The van der Waals surface area contributed by atoms with Crippen molar-refractivity contribution in [2.24, 2.45) is 0 Å². The van der Waals surface area contributed by atoms with Gasteiger partial charge in [0.05, 0.1) is 0 Å². The monoisotopic (exact) mass is 312 g/mol. The lowest BCUT2D eigenvalue weighted by Gasteiger charge is -2.26. The van der Waals surface area contributed by atoms with Crippen LogP contribution >= 0.6 is 0 Å². The maximum absolute atomic E-state index is 12.7. The topological polar surface area (TPSA) is 32.8 Å². The van der Waals surface area contributed by atoms with E-state index >= 15 is 0 Å². The summed E-state index contributed by atoms with van der Waals surface area (Å²) in [6, 6.07) is 0.737. The molecule has 4 nitrogen and oxygen atoms in total. The Kier molecular flexibility index (Phi) is 5.08. The Labute approximate surface area is 121 Å². The fraction of sp³-hybridized carbons (Fsp3) is 0.923. The van der Waals surface area contributed by atoms with Crippen LogP contribution in [0.2, 0.25) is 0 Å². The highest BCUT2D eigenvalue weighted by Crippen LogP contribution is 2.28. The standard InChI is InChI=1S/C13H20F4N2O2/c1-18-9-2-3-10(18)6-19(5-4-9)11(20)7-21-8-13(16,17)12(14)15/h9-10,12H,2-8H2,1H3/t9-,10+/m0/s1. The first-order valence-corrected chi connectivity index (χ1v) is 7.04. The van der Waals surface area contributed by atoms with Crippen molar-refractivity contribution >= 4 is 5.91 Å². The minimum Gasteiger partial charge on any atom is -0.365 e. The summed E-state index contributed by atoms with van der Waals surface area (Å²) in [5, 5.41) is 0. The van der Waals surface area contributed by atoms with Crippen LogP contribution in [-0.2, 0) is 9.53 Å². The molecule has 2 aliphatic rings. The Hall–Kier alpha value is -0.890. The van der Waals surface area contributed by atoms with Gasteiger partial charge in [-0.2, -0.15) is 8.78 Å². The average Bonchev–Trinajstić information content (AvgIpc) is 2.62. The van der Waals surface area contributed by atoms with E-state index in [0.29, 0.717) is 19.1 Å². The molecule has 0 aliphatic carbocycles. The van der Waals surface area contributed by atoms with Gasteiger partial charge in [0, 0.05) is 25.2 Å². The molecule has 2 fully saturated rings. The zero-order valence-corrected chi connectivity index (χ0v) is 11.9. The highest BCUT2D eigenvalue weighted by atomic mass is 19.3. The number of fused-ring (bicyclic) bond motifs is 2. The minimum absolute atomic E-state index is 0.281. The molecule has 2 rings (SSSR count). The van der Waals surface area contributed by atoms with Gasteiger partial charge in [-0.15, -0.1) is 0 Å². The first kappa shape index (κ1) is 16.5. The Morgan fingerprint density at radius 2 is 1.95 bits per heavy atom. The van der Waals surface area contributed by atoms with Crippen molar-refractivity contribution in [3.63, 3.8) is 0 Å². The van der Waals surface area contributed by atoms with Crippen molar-refractivity contribution in [2.45, 2.75) is 43.7 Å². The molecule has 8 heteroatoms. The Balaban J connectivity index is 1.79. The van der Waals surface area contributed by atoms with Crippen LogP contribution in [0.5, 0.6) is 0 Å². The van der Waals surface area contributed by atoms with Gasteiger partial charge >= 0.3 is 12.3 Å². The molecule has 2 aliphatic heterocycles. The van der Waals surface area contributed by atoms with E-state index in [9.17, 15) is 22.4 Å². The molecule has 1 amide bonds. The summed E-state index contributed by atoms with van der Waals surface area (Å²) < 4.78 is 53.7. The second-order valence-electron chi connectivity index (χ2n) is 5.73. The smallest absolute Gasteiger partial charge is 0.330 e. The molecule has 2 heterocycles. The number of likely N-dealkylation sites (N-methyl/N-ethyl adjacent to an activating group) is 1. The Morgan fingerprint density at radius 3 is 2.62 bits per heavy atom. The van der Waals surface area contributed by atoms with Gasteiger partial charge in [-0.25, -0.2) is 8.78 Å². The number of likely N-dealkylation sites (tertiary alicyclic amines) is 1. The van der Waals surface area contributed by atoms with Gasteiger partial charge in [0.2, 0.25) is 5.91 Å². The van der Waals surface area contributed by atoms with E-state index in [1.807, 2.05) is 7.05 Å². The number of ether oxygens (including phenoxy) is 1. The molecule has 0 radical (unpaired) electrons. The van der Waals surface area contributed by atoms with Gasteiger partial charge in [-0.05, 0) is 26.3 Å². The number of carbonyl (C=O) groups excluding carboxylic acids is 1. The van der Waals surface area contributed by atoms with Gasteiger partial charge < -0.3 is 9.64 Å². The van der Waals surface area contributed by atoms with Crippen LogP contribution in [0.1, 0.15) is 19.3 Å². The van der Waals surface area contributed by atoms with Crippen LogP contribution in [0.25, 0.3) is 0 Å². The maximum Gasteiger partial charge on any atom is 0.330 e. The molecule has 0 saturated carbocycles. The lowest BCUT2D eigenvalue weighted by molar-refractivity contribution is -0.171. The van der Waals surface area contributed by atoms with E-state index < -0.39 is 31.5 Å². The number of amides is 1. The van der Waals surface area contributed by atoms with E-state index in [1.165, 1.54) is 0 Å². The predicted molar refractivity (Wildman–Crippen MR) is 67.5 cm³/mol. The molecule has 21 heavy (non-hydrogen) atoms. The van der Waals surface area contributed by atoms with Crippen molar-refractivity contribution in [3.8, 4) is 0 Å². The third-order valence-electron chi connectivity index (χ3n) is 4.34. The summed E-state index contributed by atoms with van der Waals surface area (Å²) in [5.74, 6) is -4.63. The molecule has 122 valence electrons. The molecule has 2 bridgehead atoms. The second kappa shape index (κ2) is 6.48. The Morgan fingerprint density at radius 1 is 1.29 bits per heavy atom. The molecule has 2 atom stereocenters. The van der Waals surface area contributed by atoms with Crippen molar-refractivity contribution in [1.29, 1.82) is 0 Å². The summed E-state index contributed by atoms with van der Waals surface area (Å²) in [7, 11) is 2.02. The van der Waals surface area contributed by atoms with Crippen LogP contribution < -0.4 is 0 Å². The highest BCUT2D eigenvalue weighted by Gasteiger charge is 2.41. The van der Waals surface area contributed by atoms with E-state index in [1.54, 1.807) is 4.90 Å². The molecule has 0 aromatic rings. The molecule has 2 saturated heterocycles. The summed E-state index contributed by atoms with van der Waals surface area (Å²) in [4.78, 5) is 15.8. The van der Waals surface area contributed by atoms with Gasteiger partial charge in [0.1, 0.15) is 13.2 Å². The number of nitrogens with zero attached hydrogens (tertiary/aromatic N) is 2. The average molecular weight is 312 g/mol. The van der Waals surface area contributed by atoms with Crippen LogP contribution in [0.3, 0.4) is 0 Å². The van der Waals surface area contributed by atoms with Gasteiger partial charge in [0.15, 0.2) is 0 Å². The molecular formula is C13H20F4N2O2. The summed E-state index contributed by atoms with van der Waals surface area (Å²) >= 11 is 0. The van der Waals surface area contributed by atoms with Crippen molar-refractivity contribution in [3.05, 3.63) is 0 Å². The Bertz CT molecular complexity index is 381. The van der Waals surface area contributed by atoms with Crippen molar-refractivity contribution in [2.75, 3.05) is 33.4 Å². The van der Waals surface area contributed by atoms with E-state index in [0.717, 1.165) is 19.3 Å². The maximum atomic E-state index is 12.7. The lowest BCUT2D eigenvalue weighted by atomic mass is 10.1. The number of rotatable bonds is 5. The van der Waals surface area contributed by atoms with Gasteiger partial charge in [0.25, 0.3) is 0 Å². The first-order valence-electron chi connectivity index (χ1n) is 7.04. The summed E-state index contributed by atoms with van der Waals surface area (Å²) in [6.45, 7) is -0.918. The first-order chi connectivity index (χ1) is 9.81. The zero-order chi connectivity index (χ0) is 15.6. The van der Waals surface area contributed by atoms with E-state index in [2.05, 4.69) is 9.64 Å². The van der Waals surface area contributed by atoms with E-state index in [4.69, 9.17) is 0 Å². The largest absolute Gasteiger partial charge is 0.365 e. The molecule has 0 spiro atoms. The highest BCUT2D eigenvalue weighted by molar-refractivity contribution is 5.77. The molecule has 0 unspecified atom stereocenters. The normalized spacial score (nSPS) is 27.2. The summed E-state index contributed by atoms with van der Waals surface area (Å²) in [5.41, 5.74) is 0. The quantitative estimate of drug-likeness (QED) is 0.723. The number of alkyl halides is 4. The number of halogens is 4. The summed E-state index contributed by atoms with van der Waals surface area (Å²) in [6.07, 6.45) is -0.822. The van der Waals surface area contributed by atoms with Crippen LogP contribution in [0, 0.1) is 0 Å². The van der Waals surface area contributed by atoms with Crippen molar-refractivity contribution in [1.82, 2.24) is 9.80 Å². The zero-order valence-electron chi connectivity index (χ0n) is 11.9. The van der Waals surface area contributed by atoms with E-state index in [-0.39, 0.29) is 6.04 Å². The van der Waals surface area contributed by atoms with Gasteiger partial charge in [-0.3, -0.25) is 9.69 Å². The lowest BCUT2D eigenvalue weighted by Crippen LogP contribution is -2.42. The van der Waals surface area contributed by atoms with Crippen LogP contribution in [0.15, 0.2) is 0 Å². The predicted octanol–water partition coefficient (Wildman–Crippen LogP) is 1.60. The second-order valence-corrected chi connectivity index (χ2v) is 5.73. The van der Waals surface area contributed by atoms with Crippen LogP contribution in [-0.4, -0.2) is 73.5 Å². The van der Waals surface area contributed by atoms with Gasteiger partial charge in [-0.1, -0.05) is 0 Å². The number of hydrogen-bond donors (Lipinski definition) is 0. The third kappa shape index (κ3) is 3.85. The van der Waals surface area contributed by atoms with Crippen molar-refractivity contribution < 1.29 is 27.1 Å². The molecule has 0 N–H and O–H groups in total. The van der Waals surface area contributed by atoms with Crippen LogP contribution in [0.4, 0.5) is 17.6 Å². The third-order valence-corrected chi connectivity index (χ3v) is 4.34. The SMILES string of the molecule is CN1[C@H]2CC[C@@H]1CN(C(=O)COCC(F)(F)C(F)F)CC2. The number of carbonyl (C=O) groups is 1. The fourth-order valence-corrected chi connectivity index (χ4v) is 2.96. The number of hydrogen-bond acceptors (Lipinski definition) is 3. The molecule has 0 aromatic heterocycles. The minimum atomic E-state index is -4.21. The molecular weight excluding hydrogens is 292 g/mol.